The average Bonchev–Trinajstić information content (AvgIpc) is 1.95. The van der Waals surface area contributed by atoms with Crippen molar-refractivity contribution in [2.45, 2.75) is 34.3 Å². The quantitative estimate of drug-likeness (QED) is 0.353. The predicted molar refractivity (Wildman–Crippen MR) is 44.5 cm³/mol. The summed E-state index contributed by atoms with van der Waals surface area (Å²) < 4.78 is 128. The summed E-state index contributed by atoms with van der Waals surface area (Å²) in [5.74, 6) is -20.4. The second kappa shape index (κ2) is 4.51. The molecule has 0 aromatic heterocycles. The zero-order chi connectivity index (χ0) is 15.2. The van der Waals surface area contributed by atoms with E-state index in [0.717, 1.165) is 0 Å². The summed E-state index contributed by atoms with van der Waals surface area (Å²) in [4.78, 5) is 0. The van der Waals surface area contributed by atoms with Gasteiger partial charge in [-0.05, 0) is 22.6 Å². The fraction of sp³-hybridized carbons (Fsp3) is 1.00. The second-order valence-electron chi connectivity index (χ2n) is 3.14. The third-order valence-electron chi connectivity index (χ3n) is 1.63. The monoisotopic (exact) mass is 410 g/mol. The maximum Gasteiger partial charge on any atom is 0.460 e. The van der Waals surface area contributed by atoms with Gasteiger partial charge >= 0.3 is 27.9 Å². The SMILES string of the molecule is FC(F)(I)CC(F)(F)C(F)(F)C(F)(F)C(F)(F)F. The van der Waals surface area contributed by atoms with E-state index in [1.54, 1.807) is 0 Å². The van der Waals surface area contributed by atoms with Crippen molar-refractivity contribution < 1.29 is 48.3 Å². The molecule has 0 radical (unpaired) electrons. The molecule has 12 heteroatoms. The van der Waals surface area contributed by atoms with Crippen LogP contribution in [0.1, 0.15) is 6.42 Å². The molecule has 0 saturated heterocycles. The van der Waals surface area contributed by atoms with Crippen molar-refractivity contribution in [3.8, 4) is 0 Å². The number of hydrogen-bond donors (Lipinski definition) is 0. The average molecular weight is 410 g/mol. The zero-order valence-corrected chi connectivity index (χ0v) is 9.90. The molecule has 0 bridgehead atoms. The highest BCUT2D eigenvalue weighted by Gasteiger charge is 2.82. The molecule has 0 amide bonds. The van der Waals surface area contributed by atoms with Crippen molar-refractivity contribution in [2.24, 2.45) is 0 Å². The van der Waals surface area contributed by atoms with Crippen molar-refractivity contribution in [1.82, 2.24) is 0 Å². The van der Waals surface area contributed by atoms with E-state index in [-0.39, 0.29) is 22.6 Å². The Hall–Kier alpha value is -0.0400. The Morgan fingerprint density at radius 2 is 0.944 bits per heavy atom. The molecule has 0 unspecified atom stereocenters. The van der Waals surface area contributed by atoms with E-state index in [4.69, 9.17) is 0 Å². The van der Waals surface area contributed by atoms with E-state index in [1.807, 2.05) is 0 Å². The largest absolute Gasteiger partial charge is 0.460 e. The van der Waals surface area contributed by atoms with Gasteiger partial charge in [0.2, 0.25) is 0 Å². The molecule has 0 nitrogen and oxygen atoms in total. The van der Waals surface area contributed by atoms with Crippen LogP contribution in [0, 0.1) is 0 Å². The molecular weight excluding hydrogens is 408 g/mol. The van der Waals surface area contributed by atoms with Crippen LogP contribution in [0.4, 0.5) is 48.3 Å². The fourth-order valence-electron chi connectivity index (χ4n) is 0.770. The predicted octanol–water partition coefficient (Wildman–Crippen LogP) is 4.87. The lowest BCUT2D eigenvalue weighted by Gasteiger charge is -2.34. The second-order valence-corrected chi connectivity index (χ2v) is 4.72. The summed E-state index contributed by atoms with van der Waals surface area (Å²) in [6, 6.07) is 0. The molecule has 18 heavy (non-hydrogen) atoms. The van der Waals surface area contributed by atoms with Crippen LogP contribution in [0.25, 0.3) is 0 Å². The van der Waals surface area contributed by atoms with Crippen LogP contribution in [-0.4, -0.2) is 27.9 Å². The van der Waals surface area contributed by atoms with Crippen LogP contribution in [0.5, 0.6) is 0 Å². The van der Waals surface area contributed by atoms with Gasteiger partial charge in [0.05, 0.1) is 6.42 Å². The summed E-state index contributed by atoms with van der Waals surface area (Å²) >= 11 is -0.0819. The lowest BCUT2D eigenvalue weighted by atomic mass is 10.0. The van der Waals surface area contributed by atoms with Crippen LogP contribution in [-0.2, 0) is 0 Å². The van der Waals surface area contributed by atoms with E-state index < -0.39 is 34.3 Å². The first kappa shape index (κ1) is 18.0. The van der Waals surface area contributed by atoms with E-state index in [0.29, 0.717) is 0 Å². The first-order valence-electron chi connectivity index (χ1n) is 3.72. The molecule has 0 fully saturated rings. The molecule has 0 aromatic rings. The smallest absolute Gasteiger partial charge is 0.199 e. The van der Waals surface area contributed by atoms with Crippen molar-refractivity contribution in [2.75, 3.05) is 0 Å². The van der Waals surface area contributed by atoms with E-state index in [2.05, 4.69) is 0 Å². The Morgan fingerprint density at radius 3 is 1.17 bits per heavy atom. The maximum atomic E-state index is 12.5. The highest BCUT2D eigenvalue weighted by Crippen LogP contribution is 2.55. The standard InChI is InChI=1S/C6H2F11I/c7-2(8,1-3(9,10)18)4(11,12)5(13,14)6(15,16)17/h1H2. The Kier molecular flexibility index (Phi) is 4.50. The molecular formula is C6H2F11I. The molecule has 0 aliphatic heterocycles. The van der Waals surface area contributed by atoms with Gasteiger partial charge in [-0.3, -0.25) is 0 Å². The molecule has 110 valence electrons. The molecule has 0 N–H and O–H groups in total. The zero-order valence-electron chi connectivity index (χ0n) is 7.74. The molecule has 0 spiro atoms. The van der Waals surface area contributed by atoms with Crippen LogP contribution in [0.3, 0.4) is 0 Å². The lowest BCUT2D eigenvalue weighted by Crippen LogP contribution is -2.61. The van der Waals surface area contributed by atoms with Gasteiger partial charge in [0.1, 0.15) is 0 Å². The van der Waals surface area contributed by atoms with Crippen molar-refractivity contribution >= 4 is 22.6 Å². The van der Waals surface area contributed by atoms with E-state index in [1.165, 1.54) is 0 Å². The molecule has 0 aromatic carbocycles. The first-order chi connectivity index (χ1) is 7.46. The molecule has 0 atom stereocenters. The Balaban J connectivity index is 5.50. The molecule has 0 aliphatic carbocycles. The minimum atomic E-state index is -7.13. The van der Waals surface area contributed by atoms with Crippen molar-refractivity contribution in [3.05, 3.63) is 0 Å². The third-order valence-corrected chi connectivity index (χ3v) is 2.01. The van der Waals surface area contributed by atoms with Crippen LogP contribution >= 0.6 is 22.6 Å². The summed E-state index contributed by atoms with van der Waals surface area (Å²) in [7, 11) is 0. The van der Waals surface area contributed by atoms with Gasteiger partial charge in [-0.1, -0.05) is 0 Å². The van der Waals surface area contributed by atoms with Crippen LogP contribution in [0.15, 0.2) is 0 Å². The fourth-order valence-corrected chi connectivity index (χ4v) is 1.25. The highest BCUT2D eigenvalue weighted by molar-refractivity contribution is 14.1. The number of rotatable bonds is 4. The maximum absolute atomic E-state index is 12.5. The Labute approximate surface area is 106 Å². The van der Waals surface area contributed by atoms with Gasteiger partial charge in [-0.25, -0.2) is 0 Å². The van der Waals surface area contributed by atoms with E-state index in [9.17, 15) is 48.3 Å². The molecule has 0 rings (SSSR count). The van der Waals surface area contributed by atoms with Gasteiger partial charge in [0.25, 0.3) is 0 Å². The topological polar surface area (TPSA) is 0 Å². The van der Waals surface area contributed by atoms with Gasteiger partial charge in [0, 0.05) is 0 Å². The normalized spacial score (nSPS) is 16.0. The van der Waals surface area contributed by atoms with Crippen molar-refractivity contribution in [1.29, 1.82) is 0 Å². The van der Waals surface area contributed by atoms with Crippen molar-refractivity contribution in [3.63, 3.8) is 0 Å². The minimum Gasteiger partial charge on any atom is -0.199 e. The summed E-state index contributed by atoms with van der Waals surface area (Å²) in [5.41, 5.74) is 0. The Bertz CT molecular complexity index is 298. The molecule has 0 saturated carbocycles. The number of hydrogen-bond acceptors (Lipinski definition) is 0. The third kappa shape index (κ3) is 3.29. The summed E-state index contributed by atoms with van der Waals surface area (Å²) in [6.07, 6.45) is -10.2. The van der Waals surface area contributed by atoms with Crippen LogP contribution in [0.2, 0.25) is 0 Å². The summed E-state index contributed by atoms with van der Waals surface area (Å²) in [6.45, 7) is 0. The number of halogens is 12. The molecule has 0 aliphatic rings. The number of alkyl halides is 12. The minimum absolute atomic E-state index is 0.0819. The van der Waals surface area contributed by atoms with Gasteiger partial charge in [-0.2, -0.15) is 48.3 Å². The van der Waals surface area contributed by atoms with E-state index >= 15 is 0 Å². The van der Waals surface area contributed by atoms with Crippen LogP contribution < -0.4 is 0 Å². The summed E-state index contributed by atoms with van der Waals surface area (Å²) in [5, 5.41) is 0. The van der Waals surface area contributed by atoms with Gasteiger partial charge in [0.15, 0.2) is 0 Å². The Morgan fingerprint density at radius 1 is 0.611 bits per heavy atom. The molecule has 0 heterocycles. The lowest BCUT2D eigenvalue weighted by molar-refractivity contribution is -0.399. The van der Waals surface area contributed by atoms with Gasteiger partial charge in [-0.15, -0.1) is 0 Å². The first-order valence-corrected chi connectivity index (χ1v) is 4.80. The van der Waals surface area contributed by atoms with Gasteiger partial charge < -0.3 is 0 Å². The highest BCUT2D eigenvalue weighted by atomic mass is 127.